The summed E-state index contributed by atoms with van der Waals surface area (Å²) < 4.78 is 42.8. The van der Waals surface area contributed by atoms with Gasteiger partial charge in [0.2, 0.25) is 0 Å². The summed E-state index contributed by atoms with van der Waals surface area (Å²) in [5, 5.41) is 9.16. The maximum Gasteiger partial charge on any atom is 0.416 e. The lowest BCUT2D eigenvalue weighted by molar-refractivity contribution is -0.137. The zero-order chi connectivity index (χ0) is 19.2. The largest absolute Gasteiger partial charge is 0.481 e. The quantitative estimate of drug-likeness (QED) is 0.746. The monoisotopic (exact) mass is 383 g/mol. The topological polar surface area (TPSA) is 55.5 Å². The average molecular weight is 383 g/mol. The standard InChI is InChI=1S/C19H20F3NO2S/c1-18(23,13-24)11-10-17-9-8-16(26-17)3-2-12-25-15-6-4-14(5-7-15)19(20,21)22/h4-9,24H,10-13,23H2,1H3. The van der Waals surface area contributed by atoms with Crippen LogP contribution in [0.25, 0.3) is 0 Å². The lowest BCUT2D eigenvalue weighted by Gasteiger charge is -2.20. The summed E-state index contributed by atoms with van der Waals surface area (Å²) in [5.41, 5.74) is 4.60. The SMILES string of the molecule is CC(N)(CO)CCc1ccc(C#CCOc2ccc(C(F)(F)F)cc2)s1. The molecular formula is C19H20F3NO2S. The van der Waals surface area contributed by atoms with Crippen LogP contribution in [0.2, 0.25) is 0 Å². The Kier molecular flexibility index (Phi) is 6.70. The molecule has 3 nitrogen and oxygen atoms in total. The molecule has 0 saturated heterocycles. The third-order valence-corrected chi connectivity index (χ3v) is 4.73. The Hall–Kier alpha value is -2.01. The number of alkyl halides is 3. The van der Waals surface area contributed by atoms with Crippen LogP contribution in [0, 0.1) is 11.8 Å². The van der Waals surface area contributed by atoms with Gasteiger partial charge in [-0.1, -0.05) is 11.8 Å². The van der Waals surface area contributed by atoms with Crippen molar-refractivity contribution in [1.29, 1.82) is 0 Å². The Morgan fingerprint density at radius 2 is 1.85 bits per heavy atom. The number of aliphatic hydroxyl groups is 1. The molecule has 0 aliphatic heterocycles. The number of rotatable bonds is 6. The minimum atomic E-state index is -4.35. The molecule has 0 radical (unpaired) electrons. The van der Waals surface area contributed by atoms with Crippen molar-refractivity contribution in [3.05, 3.63) is 51.7 Å². The van der Waals surface area contributed by atoms with E-state index in [0.717, 1.165) is 28.3 Å². The first kappa shape index (κ1) is 20.3. The molecule has 0 aliphatic carbocycles. The zero-order valence-electron chi connectivity index (χ0n) is 14.3. The molecule has 26 heavy (non-hydrogen) atoms. The minimum Gasteiger partial charge on any atom is -0.481 e. The van der Waals surface area contributed by atoms with Gasteiger partial charge >= 0.3 is 6.18 Å². The Morgan fingerprint density at radius 3 is 2.46 bits per heavy atom. The summed E-state index contributed by atoms with van der Waals surface area (Å²) in [6, 6.07) is 8.38. The van der Waals surface area contributed by atoms with Gasteiger partial charge in [0.25, 0.3) is 0 Å². The molecule has 1 atom stereocenters. The third-order valence-electron chi connectivity index (χ3n) is 3.67. The Labute approximate surface area is 154 Å². The number of thiophene rings is 1. The second kappa shape index (κ2) is 8.58. The van der Waals surface area contributed by atoms with Crippen LogP contribution in [0.1, 0.15) is 28.7 Å². The van der Waals surface area contributed by atoms with Crippen LogP contribution >= 0.6 is 11.3 Å². The molecule has 140 valence electrons. The van der Waals surface area contributed by atoms with Crippen molar-refractivity contribution in [2.45, 2.75) is 31.5 Å². The molecule has 0 aliphatic rings. The van der Waals surface area contributed by atoms with E-state index in [4.69, 9.17) is 15.6 Å². The molecule has 1 aromatic heterocycles. The van der Waals surface area contributed by atoms with Crippen LogP contribution in [0.3, 0.4) is 0 Å². The van der Waals surface area contributed by atoms with Crippen molar-refractivity contribution in [2.75, 3.05) is 13.2 Å². The van der Waals surface area contributed by atoms with Crippen LogP contribution in [0.4, 0.5) is 13.2 Å². The Balaban J connectivity index is 1.83. The van der Waals surface area contributed by atoms with Crippen molar-refractivity contribution < 1.29 is 23.0 Å². The van der Waals surface area contributed by atoms with Crippen LogP contribution in [0.15, 0.2) is 36.4 Å². The highest BCUT2D eigenvalue weighted by Gasteiger charge is 2.29. The van der Waals surface area contributed by atoms with Gasteiger partial charge in [-0.3, -0.25) is 0 Å². The van der Waals surface area contributed by atoms with Gasteiger partial charge in [-0.25, -0.2) is 0 Å². The lowest BCUT2D eigenvalue weighted by atomic mass is 9.98. The number of halogens is 3. The van der Waals surface area contributed by atoms with E-state index in [9.17, 15) is 13.2 Å². The number of hydrogen-bond acceptors (Lipinski definition) is 4. The third kappa shape index (κ3) is 6.37. The lowest BCUT2D eigenvalue weighted by Crippen LogP contribution is -2.40. The molecule has 7 heteroatoms. The predicted octanol–water partition coefficient (Wildman–Crippen LogP) is 3.84. The Bertz CT molecular complexity index is 771. The van der Waals surface area contributed by atoms with E-state index in [1.807, 2.05) is 12.1 Å². The first-order chi connectivity index (χ1) is 12.2. The van der Waals surface area contributed by atoms with Gasteiger partial charge in [-0.15, -0.1) is 11.3 Å². The molecule has 2 rings (SSSR count). The smallest absolute Gasteiger partial charge is 0.416 e. The molecule has 1 aromatic carbocycles. The highest BCUT2D eigenvalue weighted by atomic mass is 32.1. The van der Waals surface area contributed by atoms with E-state index in [-0.39, 0.29) is 13.2 Å². The molecule has 1 unspecified atom stereocenters. The van der Waals surface area contributed by atoms with E-state index in [2.05, 4.69) is 11.8 Å². The summed E-state index contributed by atoms with van der Waals surface area (Å²) in [7, 11) is 0. The highest BCUT2D eigenvalue weighted by molar-refractivity contribution is 7.12. The first-order valence-corrected chi connectivity index (χ1v) is 8.79. The van der Waals surface area contributed by atoms with Crippen LogP contribution in [0.5, 0.6) is 5.75 Å². The fourth-order valence-electron chi connectivity index (χ4n) is 2.05. The van der Waals surface area contributed by atoms with E-state index in [1.54, 1.807) is 18.3 Å². The number of hydrogen-bond donors (Lipinski definition) is 2. The molecule has 0 fully saturated rings. The molecule has 3 N–H and O–H groups in total. The van der Waals surface area contributed by atoms with Gasteiger partial charge < -0.3 is 15.6 Å². The average Bonchev–Trinajstić information content (AvgIpc) is 3.05. The normalized spacial score (nSPS) is 13.6. The summed E-state index contributed by atoms with van der Waals surface area (Å²) in [6.45, 7) is 1.83. The summed E-state index contributed by atoms with van der Waals surface area (Å²) >= 11 is 1.54. The van der Waals surface area contributed by atoms with Crippen molar-refractivity contribution in [3.63, 3.8) is 0 Å². The maximum atomic E-state index is 12.5. The van der Waals surface area contributed by atoms with Crippen LogP contribution in [-0.4, -0.2) is 23.9 Å². The molecule has 0 amide bonds. The summed E-state index contributed by atoms with van der Waals surface area (Å²) in [4.78, 5) is 2.00. The number of aliphatic hydroxyl groups excluding tert-OH is 1. The fourth-order valence-corrected chi connectivity index (χ4v) is 2.93. The molecule has 1 heterocycles. The zero-order valence-corrected chi connectivity index (χ0v) is 15.1. The molecule has 0 bridgehead atoms. The van der Waals surface area contributed by atoms with Crippen molar-refractivity contribution in [2.24, 2.45) is 5.73 Å². The van der Waals surface area contributed by atoms with Gasteiger partial charge in [0.05, 0.1) is 17.0 Å². The number of nitrogens with two attached hydrogens (primary N) is 1. The van der Waals surface area contributed by atoms with Gasteiger partial charge in [0, 0.05) is 10.4 Å². The van der Waals surface area contributed by atoms with Gasteiger partial charge in [-0.2, -0.15) is 13.2 Å². The van der Waals surface area contributed by atoms with Gasteiger partial charge in [0.15, 0.2) is 0 Å². The highest BCUT2D eigenvalue weighted by Crippen LogP contribution is 2.30. The first-order valence-electron chi connectivity index (χ1n) is 7.97. The van der Waals surface area contributed by atoms with E-state index >= 15 is 0 Å². The Morgan fingerprint density at radius 1 is 1.15 bits per heavy atom. The predicted molar refractivity (Wildman–Crippen MR) is 96.1 cm³/mol. The number of ether oxygens (including phenoxy) is 1. The molecule has 2 aromatic rings. The van der Waals surface area contributed by atoms with E-state index in [0.29, 0.717) is 12.2 Å². The van der Waals surface area contributed by atoms with Crippen LogP contribution in [-0.2, 0) is 12.6 Å². The summed E-state index contributed by atoms with van der Waals surface area (Å²) in [5.74, 6) is 6.15. The minimum absolute atomic E-state index is 0.0632. The van der Waals surface area contributed by atoms with Gasteiger partial charge in [-0.05, 0) is 56.2 Å². The van der Waals surface area contributed by atoms with Crippen LogP contribution < -0.4 is 10.5 Å². The fraction of sp³-hybridized carbons (Fsp3) is 0.368. The number of aryl methyl sites for hydroxylation is 1. The van der Waals surface area contributed by atoms with Gasteiger partial charge in [0.1, 0.15) is 12.4 Å². The van der Waals surface area contributed by atoms with E-state index < -0.39 is 17.3 Å². The van der Waals surface area contributed by atoms with Crippen molar-refractivity contribution >= 4 is 11.3 Å². The molecular weight excluding hydrogens is 363 g/mol. The molecule has 0 spiro atoms. The second-order valence-corrected chi connectivity index (χ2v) is 7.36. The van der Waals surface area contributed by atoms with E-state index in [1.165, 1.54) is 12.1 Å². The summed E-state index contributed by atoms with van der Waals surface area (Å²) in [6.07, 6.45) is -2.91. The maximum absolute atomic E-state index is 12.5. The van der Waals surface area contributed by atoms with Crippen molar-refractivity contribution in [1.82, 2.24) is 0 Å². The second-order valence-electron chi connectivity index (χ2n) is 6.19. The number of benzene rings is 1. The van der Waals surface area contributed by atoms with Crippen molar-refractivity contribution in [3.8, 4) is 17.6 Å². The molecule has 0 saturated carbocycles.